The van der Waals surface area contributed by atoms with E-state index in [1.807, 2.05) is 11.8 Å². The van der Waals surface area contributed by atoms with Crippen molar-refractivity contribution in [1.29, 1.82) is 5.26 Å². The summed E-state index contributed by atoms with van der Waals surface area (Å²) in [7, 11) is 1.75. The van der Waals surface area contributed by atoms with Gasteiger partial charge < -0.3 is 10.0 Å². The number of rotatable bonds is 4. The molecule has 1 N–H and O–H groups in total. The zero-order chi connectivity index (χ0) is 14.8. The third-order valence-corrected chi connectivity index (χ3v) is 4.96. The summed E-state index contributed by atoms with van der Waals surface area (Å²) in [5, 5.41) is 19.5. The molecule has 0 radical (unpaired) electrons. The average molecular weight is 279 g/mol. The minimum Gasteiger partial charge on any atom is -0.387 e. The first-order valence-corrected chi connectivity index (χ1v) is 7.57. The molecular weight excluding hydrogens is 254 g/mol. The lowest BCUT2D eigenvalue weighted by molar-refractivity contribution is -0.145. The molecule has 5 nitrogen and oxygen atoms in total. The zero-order valence-electron chi connectivity index (χ0n) is 12.6. The fourth-order valence-corrected chi connectivity index (χ4v) is 3.32. The van der Waals surface area contributed by atoms with Crippen LogP contribution in [0.4, 0.5) is 0 Å². The van der Waals surface area contributed by atoms with Gasteiger partial charge in [-0.25, -0.2) is 0 Å². The van der Waals surface area contributed by atoms with Crippen molar-refractivity contribution < 1.29 is 9.90 Å². The van der Waals surface area contributed by atoms with Crippen molar-refractivity contribution in [3.63, 3.8) is 0 Å². The molecule has 20 heavy (non-hydrogen) atoms. The highest BCUT2D eigenvalue weighted by Gasteiger charge is 2.43. The molecule has 0 atom stereocenters. The Labute approximate surface area is 121 Å². The molecule has 0 unspecified atom stereocenters. The quantitative estimate of drug-likeness (QED) is 0.837. The van der Waals surface area contributed by atoms with Crippen LogP contribution in [0.3, 0.4) is 0 Å². The maximum absolute atomic E-state index is 12.4. The fourth-order valence-electron chi connectivity index (χ4n) is 3.32. The molecule has 0 aromatic carbocycles. The molecule has 1 heterocycles. The van der Waals surface area contributed by atoms with Crippen molar-refractivity contribution in [2.24, 2.45) is 0 Å². The predicted molar refractivity (Wildman–Crippen MR) is 75.9 cm³/mol. The van der Waals surface area contributed by atoms with Crippen LogP contribution in [-0.4, -0.2) is 58.6 Å². The van der Waals surface area contributed by atoms with Crippen LogP contribution in [0.2, 0.25) is 0 Å². The maximum atomic E-state index is 12.4. The van der Waals surface area contributed by atoms with Gasteiger partial charge in [0.2, 0.25) is 5.91 Å². The Hall–Kier alpha value is -1.12. The lowest BCUT2D eigenvalue weighted by atomic mass is 9.81. The highest BCUT2D eigenvalue weighted by Crippen LogP contribution is 2.33. The Bertz CT molecular complexity index is 404. The number of aliphatic hydroxyl groups is 1. The highest BCUT2D eigenvalue weighted by molar-refractivity contribution is 5.79. The summed E-state index contributed by atoms with van der Waals surface area (Å²) in [5.74, 6) is -0.00777. The van der Waals surface area contributed by atoms with Gasteiger partial charge in [-0.2, -0.15) is 5.26 Å². The van der Waals surface area contributed by atoms with E-state index in [9.17, 15) is 15.2 Å². The predicted octanol–water partition coefficient (Wildman–Crippen LogP) is 1.13. The van der Waals surface area contributed by atoms with Crippen LogP contribution in [0, 0.1) is 11.3 Å². The SMILES string of the molecule is CCC1(O)CN(CC(=O)N(C)C2(C#N)CCCCC2)C1. The molecular formula is C15H25N3O2. The van der Waals surface area contributed by atoms with E-state index in [1.54, 1.807) is 11.9 Å². The van der Waals surface area contributed by atoms with Crippen molar-refractivity contribution in [2.75, 3.05) is 26.7 Å². The van der Waals surface area contributed by atoms with Crippen molar-refractivity contribution in [3.8, 4) is 6.07 Å². The number of carbonyl (C=O) groups is 1. The number of nitrogens with zero attached hydrogens (tertiary/aromatic N) is 3. The van der Waals surface area contributed by atoms with Crippen molar-refractivity contribution in [1.82, 2.24) is 9.80 Å². The third-order valence-electron chi connectivity index (χ3n) is 4.96. The molecule has 0 aromatic rings. The van der Waals surface area contributed by atoms with E-state index < -0.39 is 11.1 Å². The van der Waals surface area contributed by atoms with E-state index in [0.717, 1.165) is 38.5 Å². The first kappa shape index (κ1) is 15.3. The molecule has 2 rings (SSSR count). The largest absolute Gasteiger partial charge is 0.387 e. The Morgan fingerprint density at radius 2 is 1.95 bits per heavy atom. The third kappa shape index (κ3) is 2.82. The molecule has 5 heteroatoms. The summed E-state index contributed by atoms with van der Waals surface area (Å²) < 4.78 is 0. The van der Waals surface area contributed by atoms with Crippen LogP contribution in [0.25, 0.3) is 0 Å². The second-order valence-electron chi connectivity index (χ2n) is 6.38. The Kier molecular flexibility index (Phi) is 4.36. The van der Waals surface area contributed by atoms with Gasteiger partial charge in [-0.3, -0.25) is 9.69 Å². The fraction of sp³-hybridized carbons (Fsp3) is 0.867. The molecule has 1 aliphatic carbocycles. The smallest absolute Gasteiger partial charge is 0.237 e. The lowest BCUT2D eigenvalue weighted by Gasteiger charge is -2.47. The molecule has 1 amide bonds. The van der Waals surface area contributed by atoms with E-state index >= 15 is 0 Å². The van der Waals surface area contributed by atoms with Crippen molar-refractivity contribution in [2.45, 2.75) is 56.6 Å². The zero-order valence-corrected chi connectivity index (χ0v) is 12.6. The molecule has 2 fully saturated rings. The molecule has 0 spiro atoms. The van der Waals surface area contributed by atoms with Crippen LogP contribution >= 0.6 is 0 Å². The van der Waals surface area contributed by atoms with Crippen LogP contribution < -0.4 is 0 Å². The van der Waals surface area contributed by atoms with E-state index in [4.69, 9.17) is 0 Å². The van der Waals surface area contributed by atoms with E-state index in [-0.39, 0.29) is 5.91 Å². The summed E-state index contributed by atoms with van der Waals surface area (Å²) in [4.78, 5) is 16.0. The Morgan fingerprint density at radius 3 is 2.45 bits per heavy atom. The normalized spacial score (nSPS) is 24.5. The topological polar surface area (TPSA) is 67.6 Å². The first-order chi connectivity index (χ1) is 9.45. The van der Waals surface area contributed by atoms with Gasteiger partial charge in [0.1, 0.15) is 5.54 Å². The van der Waals surface area contributed by atoms with Gasteiger partial charge >= 0.3 is 0 Å². The van der Waals surface area contributed by atoms with E-state index in [1.165, 1.54) is 0 Å². The Morgan fingerprint density at radius 1 is 1.35 bits per heavy atom. The van der Waals surface area contributed by atoms with Crippen molar-refractivity contribution in [3.05, 3.63) is 0 Å². The van der Waals surface area contributed by atoms with Gasteiger partial charge in [0.05, 0.1) is 18.2 Å². The summed E-state index contributed by atoms with van der Waals surface area (Å²) in [6.45, 7) is 3.38. The number of hydrogen-bond acceptors (Lipinski definition) is 4. The molecule has 2 aliphatic rings. The van der Waals surface area contributed by atoms with Gasteiger partial charge in [0.15, 0.2) is 0 Å². The van der Waals surface area contributed by atoms with Gasteiger partial charge in [-0.05, 0) is 19.3 Å². The highest BCUT2D eigenvalue weighted by atomic mass is 16.3. The number of likely N-dealkylation sites (N-methyl/N-ethyl adjacent to an activating group) is 1. The molecule has 1 saturated heterocycles. The number of amides is 1. The number of likely N-dealkylation sites (tertiary alicyclic amines) is 1. The van der Waals surface area contributed by atoms with E-state index in [0.29, 0.717) is 19.6 Å². The molecule has 112 valence electrons. The molecule has 0 bridgehead atoms. The summed E-state index contributed by atoms with van der Waals surface area (Å²) in [5.41, 5.74) is -1.22. The lowest BCUT2D eigenvalue weighted by Crippen LogP contribution is -2.64. The van der Waals surface area contributed by atoms with Crippen molar-refractivity contribution >= 4 is 5.91 Å². The monoisotopic (exact) mass is 279 g/mol. The average Bonchev–Trinajstić information content (AvgIpc) is 2.45. The van der Waals surface area contributed by atoms with Gasteiger partial charge in [0.25, 0.3) is 0 Å². The summed E-state index contributed by atoms with van der Waals surface area (Å²) >= 11 is 0. The second kappa shape index (κ2) is 5.71. The molecule has 1 saturated carbocycles. The standard InChI is InChI=1S/C15H25N3O2/c1-3-15(20)11-18(12-15)9-13(19)17(2)14(10-16)7-5-4-6-8-14/h20H,3-9,11-12H2,1-2H3. The molecule has 1 aliphatic heterocycles. The van der Waals surface area contributed by atoms with Gasteiger partial charge in [-0.1, -0.05) is 26.2 Å². The minimum atomic E-state index is -0.614. The number of carbonyl (C=O) groups excluding carboxylic acids is 1. The first-order valence-electron chi connectivity index (χ1n) is 7.57. The molecule has 0 aromatic heterocycles. The van der Waals surface area contributed by atoms with Gasteiger partial charge in [0, 0.05) is 20.1 Å². The summed E-state index contributed by atoms with van der Waals surface area (Å²) in [6, 6.07) is 2.37. The second-order valence-corrected chi connectivity index (χ2v) is 6.38. The number of hydrogen-bond donors (Lipinski definition) is 1. The number of nitriles is 1. The van der Waals surface area contributed by atoms with Crippen LogP contribution in [-0.2, 0) is 4.79 Å². The number of β-amino-alcohol motifs (C(OH)–C–C–N with tert-alkyl or cyclic N) is 1. The summed E-state index contributed by atoms with van der Waals surface area (Å²) in [6.07, 6.45) is 5.47. The van der Waals surface area contributed by atoms with E-state index in [2.05, 4.69) is 6.07 Å². The van der Waals surface area contributed by atoms with Crippen LogP contribution in [0.1, 0.15) is 45.4 Å². The Balaban J connectivity index is 1.91. The minimum absolute atomic E-state index is 0.00777. The van der Waals surface area contributed by atoms with Gasteiger partial charge in [-0.15, -0.1) is 0 Å². The van der Waals surface area contributed by atoms with Crippen LogP contribution in [0.5, 0.6) is 0 Å². The van der Waals surface area contributed by atoms with Crippen LogP contribution in [0.15, 0.2) is 0 Å². The maximum Gasteiger partial charge on any atom is 0.237 e.